The highest BCUT2D eigenvalue weighted by Gasteiger charge is 2.38. The molecule has 4 rings (SSSR count). The predicted molar refractivity (Wildman–Crippen MR) is 118 cm³/mol. The molecule has 3 heterocycles. The molecule has 158 valence electrons. The predicted octanol–water partition coefficient (Wildman–Crippen LogP) is 2.49. The van der Waals surface area contributed by atoms with Crippen molar-refractivity contribution in [3.63, 3.8) is 0 Å². The van der Waals surface area contributed by atoms with Crippen LogP contribution in [0.15, 0.2) is 48.7 Å². The third-order valence-electron chi connectivity index (χ3n) is 5.94. The largest absolute Gasteiger partial charge is 0.311 e. The van der Waals surface area contributed by atoms with E-state index in [0.717, 1.165) is 44.8 Å². The maximum atomic E-state index is 12.9. The zero-order chi connectivity index (χ0) is 21.1. The molecule has 2 fully saturated rings. The minimum absolute atomic E-state index is 0.0743. The first kappa shape index (κ1) is 20.8. The van der Waals surface area contributed by atoms with E-state index in [1.807, 2.05) is 42.2 Å². The molecule has 30 heavy (non-hydrogen) atoms. The number of rotatable bonds is 5. The first-order valence-electron chi connectivity index (χ1n) is 10.3. The molecule has 2 saturated heterocycles. The Hall–Kier alpha value is -2.48. The van der Waals surface area contributed by atoms with Crippen LogP contribution in [0, 0.1) is 0 Å². The minimum atomic E-state index is -0.273. The SMILES string of the molecule is C[C@@H](C(=O)Nc1ccc(Cl)cn1)N1CCN([C@@H]2CCN(c3ccccc3)C2=O)CC1. The van der Waals surface area contributed by atoms with E-state index in [0.29, 0.717) is 10.8 Å². The van der Waals surface area contributed by atoms with Crippen LogP contribution in [0.4, 0.5) is 11.5 Å². The fourth-order valence-electron chi connectivity index (χ4n) is 4.15. The van der Waals surface area contributed by atoms with Crippen molar-refractivity contribution < 1.29 is 9.59 Å². The van der Waals surface area contributed by atoms with E-state index >= 15 is 0 Å². The van der Waals surface area contributed by atoms with E-state index in [4.69, 9.17) is 11.6 Å². The second-order valence-electron chi connectivity index (χ2n) is 7.73. The van der Waals surface area contributed by atoms with E-state index in [1.165, 1.54) is 6.20 Å². The van der Waals surface area contributed by atoms with Crippen molar-refractivity contribution in [3.8, 4) is 0 Å². The van der Waals surface area contributed by atoms with Gasteiger partial charge in [-0.1, -0.05) is 29.8 Å². The van der Waals surface area contributed by atoms with Gasteiger partial charge in [0.25, 0.3) is 0 Å². The van der Waals surface area contributed by atoms with Gasteiger partial charge in [-0.05, 0) is 37.6 Å². The molecule has 7 nitrogen and oxygen atoms in total. The van der Waals surface area contributed by atoms with E-state index in [9.17, 15) is 9.59 Å². The van der Waals surface area contributed by atoms with Crippen LogP contribution < -0.4 is 10.2 Å². The maximum absolute atomic E-state index is 12.9. The smallest absolute Gasteiger partial charge is 0.244 e. The summed E-state index contributed by atoms with van der Waals surface area (Å²) in [5, 5.41) is 3.37. The summed E-state index contributed by atoms with van der Waals surface area (Å²) in [7, 11) is 0. The molecule has 8 heteroatoms. The van der Waals surface area contributed by atoms with Gasteiger partial charge in [0.1, 0.15) is 5.82 Å². The Morgan fingerprint density at radius 1 is 1.10 bits per heavy atom. The third kappa shape index (κ3) is 4.48. The number of piperazine rings is 1. The molecule has 2 aliphatic rings. The van der Waals surface area contributed by atoms with Gasteiger partial charge in [-0.2, -0.15) is 0 Å². The summed E-state index contributed by atoms with van der Waals surface area (Å²) in [6, 6.07) is 12.9. The number of carbonyl (C=O) groups is 2. The number of benzene rings is 1. The van der Waals surface area contributed by atoms with Crippen LogP contribution in [-0.4, -0.2) is 71.4 Å². The van der Waals surface area contributed by atoms with Crippen molar-refractivity contribution >= 4 is 34.9 Å². The highest BCUT2D eigenvalue weighted by atomic mass is 35.5. The van der Waals surface area contributed by atoms with Gasteiger partial charge in [0.05, 0.1) is 17.1 Å². The van der Waals surface area contributed by atoms with Gasteiger partial charge in [-0.25, -0.2) is 4.98 Å². The van der Waals surface area contributed by atoms with Crippen molar-refractivity contribution in [2.24, 2.45) is 0 Å². The normalized spacial score (nSPS) is 21.6. The second kappa shape index (κ2) is 9.12. The summed E-state index contributed by atoms with van der Waals surface area (Å²) in [5.74, 6) is 0.576. The topological polar surface area (TPSA) is 68.8 Å². The standard InChI is InChI=1S/C22H26ClN5O2/c1-16(21(29)25-20-8-7-17(23)15-24-20)26-11-13-27(14-12-26)19-9-10-28(22(19)30)18-5-3-2-4-6-18/h2-8,15-16,19H,9-14H2,1H3,(H,24,25,29)/t16-,19+/m0/s1. The van der Waals surface area contributed by atoms with Crippen LogP contribution in [0.5, 0.6) is 0 Å². The molecule has 0 saturated carbocycles. The van der Waals surface area contributed by atoms with Crippen LogP contribution >= 0.6 is 11.6 Å². The van der Waals surface area contributed by atoms with Crippen LogP contribution in [-0.2, 0) is 9.59 Å². The number of pyridine rings is 1. The van der Waals surface area contributed by atoms with E-state index in [-0.39, 0.29) is 23.9 Å². The molecule has 2 aliphatic heterocycles. The molecule has 2 amide bonds. The molecule has 0 unspecified atom stereocenters. The van der Waals surface area contributed by atoms with Crippen LogP contribution in [0.2, 0.25) is 5.02 Å². The summed E-state index contributed by atoms with van der Waals surface area (Å²) in [5.41, 5.74) is 0.963. The number of halogens is 1. The number of nitrogens with one attached hydrogen (secondary N) is 1. The molecule has 1 aromatic heterocycles. The average molecular weight is 428 g/mol. The van der Waals surface area contributed by atoms with Crippen molar-refractivity contribution in [1.29, 1.82) is 0 Å². The van der Waals surface area contributed by atoms with Gasteiger partial charge < -0.3 is 10.2 Å². The monoisotopic (exact) mass is 427 g/mol. The number of hydrogen-bond acceptors (Lipinski definition) is 5. The number of carbonyl (C=O) groups excluding carboxylic acids is 2. The average Bonchev–Trinajstić information content (AvgIpc) is 3.17. The number of hydrogen-bond donors (Lipinski definition) is 1. The lowest BCUT2D eigenvalue weighted by molar-refractivity contribution is -0.125. The summed E-state index contributed by atoms with van der Waals surface area (Å²) < 4.78 is 0. The van der Waals surface area contributed by atoms with E-state index in [2.05, 4.69) is 20.1 Å². The zero-order valence-corrected chi connectivity index (χ0v) is 17.8. The molecule has 1 N–H and O–H groups in total. The van der Waals surface area contributed by atoms with Gasteiger partial charge in [0.2, 0.25) is 11.8 Å². The highest BCUT2D eigenvalue weighted by molar-refractivity contribution is 6.30. The number of para-hydroxylation sites is 1. The molecule has 2 atom stereocenters. The Morgan fingerprint density at radius 3 is 2.50 bits per heavy atom. The van der Waals surface area contributed by atoms with Crippen molar-refractivity contribution in [1.82, 2.24) is 14.8 Å². The Morgan fingerprint density at radius 2 is 1.83 bits per heavy atom. The summed E-state index contributed by atoms with van der Waals surface area (Å²) in [4.78, 5) is 35.9. The van der Waals surface area contributed by atoms with Gasteiger partial charge in [0.15, 0.2) is 0 Å². The quantitative estimate of drug-likeness (QED) is 0.794. The van der Waals surface area contributed by atoms with Crippen LogP contribution in [0.1, 0.15) is 13.3 Å². The van der Waals surface area contributed by atoms with Crippen molar-refractivity contribution in [3.05, 3.63) is 53.7 Å². The fraction of sp³-hybridized carbons (Fsp3) is 0.409. The lowest BCUT2D eigenvalue weighted by Gasteiger charge is -2.39. The van der Waals surface area contributed by atoms with E-state index < -0.39 is 0 Å². The first-order chi connectivity index (χ1) is 14.5. The molecule has 2 aromatic rings. The van der Waals surface area contributed by atoms with Crippen LogP contribution in [0.3, 0.4) is 0 Å². The van der Waals surface area contributed by atoms with Gasteiger partial charge in [-0.15, -0.1) is 0 Å². The van der Waals surface area contributed by atoms with Gasteiger partial charge >= 0.3 is 0 Å². The summed E-state index contributed by atoms with van der Waals surface area (Å²) >= 11 is 5.84. The first-order valence-corrected chi connectivity index (χ1v) is 10.7. The molecular formula is C22H26ClN5O2. The number of aromatic nitrogens is 1. The zero-order valence-electron chi connectivity index (χ0n) is 17.0. The van der Waals surface area contributed by atoms with Gasteiger partial charge in [0, 0.05) is 44.6 Å². The molecule has 0 spiro atoms. The Labute approximate surface area is 181 Å². The fourth-order valence-corrected chi connectivity index (χ4v) is 4.26. The maximum Gasteiger partial charge on any atom is 0.244 e. The summed E-state index contributed by atoms with van der Waals surface area (Å²) in [6.45, 7) is 5.70. The van der Waals surface area contributed by atoms with Crippen LogP contribution in [0.25, 0.3) is 0 Å². The highest BCUT2D eigenvalue weighted by Crippen LogP contribution is 2.25. The lowest BCUT2D eigenvalue weighted by atomic mass is 10.1. The van der Waals surface area contributed by atoms with Crippen molar-refractivity contribution in [2.45, 2.75) is 25.4 Å². The number of nitrogens with zero attached hydrogens (tertiary/aromatic N) is 4. The Balaban J connectivity index is 1.30. The second-order valence-corrected chi connectivity index (χ2v) is 8.17. The number of anilines is 2. The van der Waals surface area contributed by atoms with Gasteiger partial charge in [-0.3, -0.25) is 19.4 Å². The molecule has 0 aliphatic carbocycles. The Kier molecular flexibility index (Phi) is 6.32. The third-order valence-corrected chi connectivity index (χ3v) is 6.16. The summed E-state index contributed by atoms with van der Waals surface area (Å²) in [6.07, 6.45) is 2.35. The lowest BCUT2D eigenvalue weighted by Crippen LogP contribution is -2.56. The molecule has 0 radical (unpaired) electrons. The molecule has 0 bridgehead atoms. The molecular weight excluding hydrogens is 402 g/mol. The Bertz CT molecular complexity index is 884. The minimum Gasteiger partial charge on any atom is -0.311 e. The molecule has 1 aromatic carbocycles. The van der Waals surface area contributed by atoms with Crippen molar-refractivity contribution in [2.75, 3.05) is 42.9 Å². The van der Waals surface area contributed by atoms with E-state index in [1.54, 1.807) is 12.1 Å². The number of amides is 2.